The predicted octanol–water partition coefficient (Wildman–Crippen LogP) is 4.50. The van der Waals surface area contributed by atoms with Crippen LogP contribution in [0.25, 0.3) is 22.8 Å². The van der Waals surface area contributed by atoms with Crippen molar-refractivity contribution in [2.75, 3.05) is 0 Å². The van der Waals surface area contributed by atoms with Crippen LogP contribution < -0.4 is 4.72 Å². The van der Waals surface area contributed by atoms with Gasteiger partial charge in [-0.05, 0) is 61.5 Å². The number of fused-ring (bicyclic) bond motifs is 1. The predicted molar refractivity (Wildman–Crippen MR) is 126 cm³/mol. The molecule has 0 fully saturated rings. The van der Waals surface area contributed by atoms with Gasteiger partial charge in [0.05, 0.1) is 16.1 Å². The van der Waals surface area contributed by atoms with Crippen LogP contribution in [0.4, 0.5) is 0 Å². The first kappa shape index (κ1) is 22.1. The van der Waals surface area contributed by atoms with Crippen LogP contribution in [0.3, 0.4) is 0 Å². The Morgan fingerprint density at radius 2 is 1.75 bits per heavy atom. The lowest BCUT2D eigenvalue weighted by Crippen LogP contribution is -2.28. The summed E-state index contributed by atoms with van der Waals surface area (Å²) >= 11 is 11.9. The van der Waals surface area contributed by atoms with E-state index in [1.807, 2.05) is 40.6 Å². The molecule has 0 atom stereocenters. The molecular weight excluding hydrogens is 471 g/mol. The molecule has 0 unspecified atom stereocenters. The van der Waals surface area contributed by atoms with Gasteiger partial charge in [-0.3, -0.25) is 9.48 Å². The van der Waals surface area contributed by atoms with Gasteiger partial charge in [0.1, 0.15) is 5.82 Å². The Labute approximate surface area is 194 Å². The normalized spacial score (nSPS) is 12.0. The number of nitrogens with one attached hydrogen (secondary N) is 1. The van der Waals surface area contributed by atoms with Crippen molar-refractivity contribution in [1.29, 1.82) is 0 Å². The zero-order valence-corrected chi connectivity index (χ0v) is 19.4. The van der Waals surface area contributed by atoms with Crippen LogP contribution in [0.5, 0.6) is 0 Å². The highest BCUT2D eigenvalue weighted by atomic mass is 35.5. The summed E-state index contributed by atoms with van der Waals surface area (Å²) in [6.07, 6.45) is 4.61. The van der Waals surface area contributed by atoms with Crippen LogP contribution in [-0.2, 0) is 21.9 Å². The van der Waals surface area contributed by atoms with E-state index < -0.39 is 15.9 Å². The van der Waals surface area contributed by atoms with Gasteiger partial charge in [0, 0.05) is 40.3 Å². The van der Waals surface area contributed by atoms with Gasteiger partial charge in [-0.15, -0.1) is 0 Å². The Balaban J connectivity index is 1.65. The SMILES string of the molecule is Cc1nn(C)c(-n2ccc3cc(Cl)ccc32)c1C=CC(=O)NS(=O)(=O)c1ccc(Cl)cc1. The van der Waals surface area contributed by atoms with Crippen LogP contribution in [-0.4, -0.2) is 28.7 Å². The minimum Gasteiger partial charge on any atom is -0.301 e. The fraction of sp³-hybridized carbons (Fsp3) is 0.0909. The molecule has 7 nitrogen and oxygen atoms in total. The number of nitrogens with zero attached hydrogens (tertiary/aromatic N) is 3. The molecular formula is C22H18Cl2N4O3S. The topological polar surface area (TPSA) is 86.0 Å². The van der Waals surface area contributed by atoms with Gasteiger partial charge >= 0.3 is 0 Å². The zero-order valence-electron chi connectivity index (χ0n) is 17.1. The Morgan fingerprint density at radius 1 is 1.06 bits per heavy atom. The van der Waals surface area contributed by atoms with E-state index in [2.05, 4.69) is 5.10 Å². The minimum absolute atomic E-state index is 0.0561. The molecule has 0 radical (unpaired) electrons. The first-order valence-electron chi connectivity index (χ1n) is 9.47. The van der Waals surface area contributed by atoms with Gasteiger partial charge in [-0.1, -0.05) is 23.2 Å². The van der Waals surface area contributed by atoms with Gasteiger partial charge in [0.25, 0.3) is 15.9 Å². The van der Waals surface area contributed by atoms with Gasteiger partial charge in [0.15, 0.2) is 0 Å². The van der Waals surface area contributed by atoms with Crippen molar-refractivity contribution >= 4 is 56.1 Å². The number of hydrogen-bond acceptors (Lipinski definition) is 4. The summed E-state index contributed by atoms with van der Waals surface area (Å²) in [5.74, 6) is -0.0530. The van der Waals surface area contributed by atoms with Crippen molar-refractivity contribution in [3.8, 4) is 5.82 Å². The Kier molecular flexibility index (Phi) is 5.85. The van der Waals surface area contributed by atoms with Crippen molar-refractivity contribution in [3.05, 3.63) is 82.1 Å². The molecule has 0 aliphatic carbocycles. The molecule has 4 aromatic rings. The van der Waals surface area contributed by atoms with E-state index in [1.54, 1.807) is 23.9 Å². The van der Waals surface area contributed by atoms with Crippen molar-refractivity contribution in [2.45, 2.75) is 11.8 Å². The molecule has 2 heterocycles. The molecule has 0 saturated carbocycles. The fourth-order valence-corrected chi connectivity index (χ4v) is 4.69. The van der Waals surface area contributed by atoms with E-state index in [-0.39, 0.29) is 4.90 Å². The molecule has 0 bridgehead atoms. The van der Waals surface area contributed by atoms with Gasteiger partial charge in [-0.25, -0.2) is 13.1 Å². The molecule has 1 N–H and O–H groups in total. The van der Waals surface area contributed by atoms with E-state index in [4.69, 9.17) is 23.2 Å². The van der Waals surface area contributed by atoms with Gasteiger partial charge in [0.2, 0.25) is 0 Å². The Hall–Kier alpha value is -3.07. The Morgan fingerprint density at radius 3 is 2.47 bits per heavy atom. The highest BCUT2D eigenvalue weighted by Crippen LogP contribution is 2.27. The smallest absolute Gasteiger partial charge is 0.264 e. The summed E-state index contributed by atoms with van der Waals surface area (Å²) in [6.45, 7) is 1.81. The van der Waals surface area contributed by atoms with Crippen LogP contribution in [0.2, 0.25) is 10.0 Å². The fourth-order valence-electron chi connectivity index (χ4n) is 3.44. The molecule has 0 spiro atoms. The highest BCUT2D eigenvalue weighted by molar-refractivity contribution is 7.90. The number of rotatable bonds is 5. The summed E-state index contributed by atoms with van der Waals surface area (Å²) in [6, 6.07) is 13.0. The summed E-state index contributed by atoms with van der Waals surface area (Å²) in [5, 5.41) is 6.44. The second-order valence-electron chi connectivity index (χ2n) is 7.09. The molecule has 10 heteroatoms. The van der Waals surface area contributed by atoms with Crippen molar-refractivity contribution < 1.29 is 13.2 Å². The average Bonchev–Trinajstić information content (AvgIpc) is 3.25. The second kappa shape index (κ2) is 8.46. The largest absolute Gasteiger partial charge is 0.301 e. The van der Waals surface area contributed by atoms with E-state index >= 15 is 0 Å². The molecule has 0 aliphatic rings. The number of sulfonamides is 1. The number of hydrogen-bond donors (Lipinski definition) is 1. The van der Waals surface area contributed by atoms with Crippen LogP contribution in [0.15, 0.2) is 65.7 Å². The van der Waals surface area contributed by atoms with E-state index in [0.29, 0.717) is 21.3 Å². The maximum atomic E-state index is 12.4. The lowest BCUT2D eigenvalue weighted by Gasteiger charge is -2.08. The number of aromatic nitrogens is 3. The molecule has 1 amide bonds. The first-order valence-corrected chi connectivity index (χ1v) is 11.7. The minimum atomic E-state index is -4.02. The third-order valence-corrected chi connectivity index (χ3v) is 6.73. The van der Waals surface area contributed by atoms with Crippen LogP contribution in [0, 0.1) is 6.92 Å². The van der Waals surface area contributed by atoms with Crippen molar-refractivity contribution in [3.63, 3.8) is 0 Å². The molecule has 2 aromatic heterocycles. The summed E-state index contributed by atoms with van der Waals surface area (Å²) in [5.41, 5.74) is 2.28. The first-order chi connectivity index (χ1) is 15.2. The Bertz CT molecular complexity index is 1470. The van der Waals surface area contributed by atoms with Crippen molar-refractivity contribution in [2.24, 2.45) is 7.05 Å². The third kappa shape index (κ3) is 4.29. The summed E-state index contributed by atoms with van der Waals surface area (Å²) in [7, 11) is -2.22. The summed E-state index contributed by atoms with van der Waals surface area (Å²) in [4.78, 5) is 12.3. The second-order valence-corrected chi connectivity index (χ2v) is 9.65. The number of aryl methyl sites for hydroxylation is 2. The molecule has 0 saturated heterocycles. The van der Waals surface area contributed by atoms with E-state index in [0.717, 1.165) is 16.7 Å². The molecule has 32 heavy (non-hydrogen) atoms. The van der Waals surface area contributed by atoms with Gasteiger partial charge in [-0.2, -0.15) is 5.10 Å². The highest BCUT2D eigenvalue weighted by Gasteiger charge is 2.18. The third-order valence-electron chi connectivity index (χ3n) is 4.88. The standard InChI is InChI=1S/C22H18Cl2N4O3S/c1-14-19(8-10-21(29)26-32(30,31)18-6-3-16(23)4-7-18)22(27(2)25-14)28-12-11-15-13-17(24)5-9-20(15)28/h3-13H,1-2H3,(H,26,29). The number of carbonyl (C=O) groups is 1. The van der Waals surface area contributed by atoms with Gasteiger partial charge < -0.3 is 4.57 Å². The van der Waals surface area contributed by atoms with Crippen LogP contribution >= 0.6 is 23.2 Å². The molecule has 164 valence electrons. The molecule has 0 aliphatic heterocycles. The van der Waals surface area contributed by atoms with E-state index in [9.17, 15) is 13.2 Å². The summed E-state index contributed by atoms with van der Waals surface area (Å²) < 4.78 is 30.5. The number of carbonyl (C=O) groups excluding carboxylic acids is 1. The molecule has 4 rings (SSSR count). The monoisotopic (exact) mass is 488 g/mol. The zero-order chi connectivity index (χ0) is 23.0. The maximum absolute atomic E-state index is 12.4. The number of halogens is 2. The van der Waals surface area contributed by atoms with Crippen molar-refractivity contribution in [1.82, 2.24) is 19.1 Å². The maximum Gasteiger partial charge on any atom is 0.264 e. The lowest BCUT2D eigenvalue weighted by atomic mass is 10.2. The molecule has 2 aromatic carbocycles. The number of benzene rings is 2. The van der Waals surface area contributed by atoms with E-state index in [1.165, 1.54) is 30.3 Å². The quantitative estimate of drug-likeness (QED) is 0.419. The lowest BCUT2D eigenvalue weighted by molar-refractivity contribution is -0.114. The number of amides is 1. The van der Waals surface area contributed by atoms with Crippen LogP contribution in [0.1, 0.15) is 11.3 Å². The average molecular weight is 489 g/mol.